The maximum absolute atomic E-state index is 12.6. The summed E-state index contributed by atoms with van der Waals surface area (Å²) in [5, 5.41) is 9.40. The standard InChI is InChI=1S/C16H23NO3/c1-2-16(15(19)20)5-7-17(8-6-16)14(18)13-10-11-3-4-12(13)9-11/h3-4,11-13H,2,5-10H2,1H3,(H,19,20). The van der Waals surface area contributed by atoms with Crippen molar-refractivity contribution < 1.29 is 14.7 Å². The molecule has 0 aromatic heterocycles. The fourth-order valence-corrected chi connectivity index (χ4v) is 4.17. The van der Waals surface area contributed by atoms with Crippen LogP contribution in [0.2, 0.25) is 0 Å². The van der Waals surface area contributed by atoms with E-state index < -0.39 is 11.4 Å². The number of rotatable bonds is 3. The van der Waals surface area contributed by atoms with Gasteiger partial charge in [-0.05, 0) is 43.9 Å². The lowest BCUT2D eigenvalue weighted by atomic mass is 9.76. The predicted molar refractivity (Wildman–Crippen MR) is 75.0 cm³/mol. The van der Waals surface area contributed by atoms with Crippen LogP contribution >= 0.6 is 0 Å². The molecule has 0 aromatic rings. The van der Waals surface area contributed by atoms with Gasteiger partial charge in [-0.3, -0.25) is 9.59 Å². The van der Waals surface area contributed by atoms with Crippen molar-refractivity contribution in [1.29, 1.82) is 0 Å². The zero-order valence-corrected chi connectivity index (χ0v) is 12.0. The number of amides is 1. The zero-order valence-electron chi connectivity index (χ0n) is 12.0. The van der Waals surface area contributed by atoms with Gasteiger partial charge in [0.1, 0.15) is 0 Å². The third kappa shape index (κ3) is 2.05. The van der Waals surface area contributed by atoms with Crippen molar-refractivity contribution in [3.63, 3.8) is 0 Å². The van der Waals surface area contributed by atoms with Crippen LogP contribution in [0.5, 0.6) is 0 Å². The summed E-state index contributed by atoms with van der Waals surface area (Å²) in [6, 6.07) is 0. The molecule has 1 saturated carbocycles. The second-order valence-electron chi connectivity index (χ2n) is 6.65. The largest absolute Gasteiger partial charge is 0.481 e. The number of carboxylic acid groups (broad SMARTS) is 1. The van der Waals surface area contributed by atoms with Crippen LogP contribution in [0.1, 0.15) is 39.0 Å². The van der Waals surface area contributed by atoms with Crippen LogP contribution in [0.25, 0.3) is 0 Å². The monoisotopic (exact) mass is 277 g/mol. The topological polar surface area (TPSA) is 57.6 Å². The molecule has 2 fully saturated rings. The highest BCUT2D eigenvalue weighted by atomic mass is 16.4. The third-order valence-corrected chi connectivity index (χ3v) is 5.76. The molecule has 20 heavy (non-hydrogen) atoms. The van der Waals surface area contributed by atoms with Gasteiger partial charge in [-0.15, -0.1) is 0 Å². The SMILES string of the molecule is CCC1(C(=O)O)CCN(C(=O)C2CC3C=CC2C3)CC1. The van der Waals surface area contributed by atoms with E-state index in [0.29, 0.717) is 44.2 Å². The van der Waals surface area contributed by atoms with E-state index in [1.807, 2.05) is 11.8 Å². The van der Waals surface area contributed by atoms with Crippen molar-refractivity contribution in [2.45, 2.75) is 39.0 Å². The third-order valence-electron chi connectivity index (χ3n) is 5.76. The zero-order chi connectivity index (χ0) is 14.3. The molecule has 3 unspecified atom stereocenters. The first kappa shape index (κ1) is 13.7. The van der Waals surface area contributed by atoms with Gasteiger partial charge in [-0.25, -0.2) is 0 Å². The number of piperidine rings is 1. The average molecular weight is 277 g/mol. The molecular weight excluding hydrogens is 254 g/mol. The molecule has 1 heterocycles. The van der Waals surface area contributed by atoms with Gasteiger partial charge in [0.25, 0.3) is 0 Å². The van der Waals surface area contributed by atoms with Crippen molar-refractivity contribution in [3.8, 4) is 0 Å². The molecule has 2 bridgehead atoms. The predicted octanol–water partition coefficient (Wildman–Crippen LogP) is 2.30. The van der Waals surface area contributed by atoms with E-state index in [1.165, 1.54) is 0 Å². The van der Waals surface area contributed by atoms with E-state index in [-0.39, 0.29) is 11.8 Å². The maximum Gasteiger partial charge on any atom is 0.309 e. The van der Waals surface area contributed by atoms with Gasteiger partial charge in [0.2, 0.25) is 5.91 Å². The molecule has 110 valence electrons. The summed E-state index contributed by atoms with van der Waals surface area (Å²) < 4.78 is 0. The quantitative estimate of drug-likeness (QED) is 0.805. The Kier molecular flexibility index (Phi) is 3.35. The lowest BCUT2D eigenvalue weighted by Gasteiger charge is -2.39. The second-order valence-corrected chi connectivity index (χ2v) is 6.65. The Morgan fingerprint density at radius 3 is 2.40 bits per heavy atom. The van der Waals surface area contributed by atoms with Crippen molar-refractivity contribution in [1.82, 2.24) is 4.90 Å². The molecule has 3 atom stereocenters. The van der Waals surface area contributed by atoms with Crippen molar-refractivity contribution in [2.75, 3.05) is 13.1 Å². The number of carboxylic acids is 1. The number of carbonyl (C=O) groups excluding carboxylic acids is 1. The molecule has 1 amide bonds. The fourth-order valence-electron chi connectivity index (χ4n) is 4.17. The molecule has 2 aliphatic carbocycles. The Bertz CT molecular complexity index is 449. The molecule has 3 rings (SSSR count). The van der Waals surface area contributed by atoms with E-state index >= 15 is 0 Å². The average Bonchev–Trinajstić information content (AvgIpc) is 3.09. The molecule has 1 aliphatic heterocycles. The van der Waals surface area contributed by atoms with E-state index in [2.05, 4.69) is 12.2 Å². The minimum absolute atomic E-state index is 0.156. The number of allylic oxidation sites excluding steroid dienone is 2. The first-order valence-electron chi connectivity index (χ1n) is 7.76. The summed E-state index contributed by atoms with van der Waals surface area (Å²) in [6.07, 6.45) is 8.43. The van der Waals surface area contributed by atoms with Crippen LogP contribution in [0.4, 0.5) is 0 Å². The summed E-state index contributed by atoms with van der Waals surface area (Å²) in [6.45, 7) is 3.15. The van der Waals surface area contributed by atoms with Gasteiger partial charge in [0.15, 0.2) is 0 Å². The van der Waals surface area contributed by atoms with Crippen LogP contribution in [0, 0.1) is 23.2 Å². The molecular formula is C16H23NO3. The Hall–Kier alpha value is -1.32. The van der Waals surface area contributed by atoms with E-state index in [4.69, 9.17) is 0 Å². The highest BCUT2D eigenvalue weighted by Crippen LogP contribution is 2.45. The molecule has 1 saturated heterocycles. The van der Waals surface area contributed by atoms with Gasteiger partial charge in [-0.1, -0.05) is 19.1 Å². The summed E-state index contributed by atoms with van der Waals surface area (Å²) in [5.74, 6) is 0.758. The molecule has 3 aliphatic rings. The first-order valence-corrected chi connectivity index (χ1v) is 7.76. The minimum atomic E-state index is -0.699. The van der Waals surface area contributed by atoms with Crippen LogP contribution in [0.3, 0.4) is 0 Å². The Morgan fingerprint density at radius 2 is 1.95 bits per heavy atom. The first-order chi connectivity index (χ1) is 9.55. The van der Waals surface area contributed by atoms with Crippen LogP contribution in [-0.4, -0.2) is 35.0 Å². The molecule has 0 spiro atoms. The Morgan fingerprint density at radius 1 is 1.25 bits per heavy atom. The number of hydrogen-bond acceptors (Lipinski definition) is 2. The van der Waals surface area contributed by atoms with Crippen molar-refractivity contribution in [3.05, 3.63) is 12.2 Å². The summed E-state index contributed by atoms with van der Waals surface area (Å²) >= 11 is 0. The smallest absolute Gasteiger partial charge is 0.309 e. The highest BCUT2D eigenvalue weighted by Gasteiger charge is 2.45. The number of aliphatic carboxylic acids is 1. The fraction of sp³-hybridized carbons (Fsp3) is 0.750. The molecule has 4 heteroatoms. The summed E-state index contributed by atoms with van der Waals surface area (Å²) in [7, 11) is 0. The normalized spacial score (nSPS) is 34.5. The minimum Gasteiger partial charge on any atom is -0.481 e. The van der Waals surface area contributed by atoms with E-state index in [9.17, 15) is 14.7 Å². The Balaban J connectivity index is 1.62. The van der Waals surface area contributed by atoms with Gasteiger partial charge in [0.05, 0.1) is 5.41 Å². The summed E-state index contributed by atoms with van der Waals surface area (Å²) in [5.41, 5.74) is -0.606. The lowest BCUT2D eigenvalue weighted by Crippen LogP contribution is -2.48. The summed E-state index contributed by atoms with van der Waals surface area (Å²) in [4.78, 5) is 25.9. The number of nitrogens with zero attached hydrogens (tertiary/aromatic N) is 1. The van der Waals surface area contributed by atoms with Crippen LogP contribution in [0.15, 0.2) is 12.2 Å². The second kappa shape index (κ2) is 4.90. The number of fused-ring (bicyclic) bond motifs is 2. The van der Waals surface area contributed by atoms with Crippen LogP contribution < -0.4 is 0 Å². The molecule has 4 nitrogen and oxygen atoms in total. The van der Waals surface area contributed by atoms with Gasteiger partial charge < -0.3 is 10.0 Å². The van der Waals surface area contributed by atoms with Gasteiger partial charge >= 0.3 is 5.97 Å². The molecule has 1 N–H and O–H groups in total. The van der Waals surface area contributed by atoms with E-state index in [0.717, 1.165) is 12.8 Å². The van der Waals surface area contributed by atoms with Gasteiger partial charge in [0, 0.05) is 19.0 Å². The number of hydrogen-bond donors (Lipinski definition) is 1. The Labute approximate surface area is 119 Å². The van der Waals surface area contributed by atoms with Crippen molar-refractivity contribution in [2.24, 2.45) is 23.2 Å². The number of likely N-dealkylation sites (tertiary alicyclic amines) is 1. The highest BCUT2D eigenvalue weighted by molar-refractivity contribution is 5.81. The van der Waals surface area contributed by atoms with Gasteiger partial charge in [-0.2, -0.15) is 0 Å². The maximum atomic E-state index is 12.6. The molecule has 0 radical (unpaired) electrons. The molecule has 0 aromatic carbocycles. The number of carbonyl (C=O) groups is 2. The van der Waals surface area contributed by atoms with E-state index in [1.54, 1.807) is 0 Å². The lowest BCUT2D eigenvalue weighted by molar-refractivity contribution is -0.155. The van der Waals surface area contributed by atoms with Crippen molar-refractivity contribution >= 4 is 11.9 Å². The van der Waals surface area contributed by atoms with Crippen LogP contribution in [-0.2, 0) is 9.59 Å².